The SMILES string of the molecule is CC(=O)Nn1c(=O)[nH]c2snc(C)c2c1=O. The van der Waals surface area contributed by atoms with Crippen molar-refractivity contribution >= 4 is 27.7 Å². The molecule has 2 heterocycles. The molecule has 0 aromatic carbocycles. The summed E-state index contributed by atoms with van der Waals surface area (Å²) in [7, 11) is 0. The number of aryl methyl sites for hydroxylation is 1. The van der Waals surface area contributed by atoms with Gasteiger partial charge in [0.2, 0.25) is 5.91 Å². The Labute approximate surface area is 92.9 Å². The van der Waals surface area contributed by atoms with Crippen molar-refractivity contribution in [3.63, 3.8) is 0 Å². The smallest absolute Gasteiger partial charge is 0.295 e. The summed E-state index contributed by atoms with van der Waals surface area (Å²) >= 11 is 1.04. The Bertz CT molecular complexity index is 681. The van der Waals surface area contributed by atoms with Crippen molar-refractivity contribution in [3.05, 3.63) is 26.5 Å². The van der Waals surface area contributed by atoms with Crippen LogP contribution in [0.3, 0.4) is 0 Å². The van der Waals surface area contributed by atoms with Gasteiger partial charge >= 0.3 is 5.69 Å². The molecule has 0 aliphatic heterocycles. The minimum absolute atomic E-state index is 0.318. The number of nitrogens with one attached hydrogen (secondary N) is 2. The number of nitrogens with zero attached hydrogens (tertiary/aromatic N) is 2. The monoisotopic (exact) mass is 240 g/mol. The molecule has 7 nitrogen and oxygen atoms in total. The van der Waals surface area contributed by atoms with Gasteiger partial charge in [0.25, 0.3) is 5.56 Å². The molecular formula is C8H8N4O3S. The van der Waals surface area contributed by atoms with Crippen molar-refractivity contribution in [2.24, 2.45) is 0 Å². The van der Waals surface area contributed by atoms with Crippen LogP contribution in [0.2, 0.25) is 0 Å². The van der Waals surface area contributed by atoms with Crippen LogP contribution in [0.5, 0.6) is 0 Å². The fourth-order valence-corrected chi connectivity index (χ4v) is 2.10. The van der Waals surface area contributed by atoms with Gasteiger partial charge in [0.1, 0.15) is 4.83 Å². The van der Waals surface area contributed by atoms with E-state index in [1.807, 2.05) is 0 Å². The first kappa shape index (κ1) is 10.6. The van der Waals surface area contributed by atoms with Crippen LogP contribution in [0.4, 0.5) is 0 Å². The van der Waals surface area contributed by atoms with Gasteiger partial charge in [0, 0.05) is 6.92 Å². The second-order valence-corrected chi connectivity index (χ2v) is 3.98. The molecule has 0 radical (unpaired) electrons. The number of H-pyrrole nitrogens is 1. The van der Waals surface area contributed by atoms with E-state index in [2.05, 4.69) is 14.8 Å². The maximum Gasteiger partial charge on any atom is 0.348 e. The fourth-order valence-electron chi connectivity index (χ4n) is 1.32. The molecule has 16 heavy (non-hydrogen) atoms. The number of aromatic amines is 1. The summed E-state index contributed by atoms with van der Waals surface area (Å²) in [4.78, 5) is 37.1. The second kappa shape index (κ2) is 3.56. The minimum atomic E-state index is -0.684. The van der Waals surface area contributed by atoms with E-state index < -0.39 is 17.2 Å². The van der Waals surface area contributed by atoms with Gasteiger partial charge in [-0.3, -0.25) is 20.0 Å². The lowest BCUT2D eigenvalue weighted by Crippen LogP contribution is -2.42. The van der Waals surface area contributed by atoms with Crippen LogP contribution in [-0.2, 0) is 4.79 Å². The van der Waals surface area contributed by atoms with Crippen LogP contribution in [-0.4, -0.2) is 19.9 Å². The molecule has 2 aromatic heterocycles. The van der Waals surface area contributed by atoms with E-state index in [-0.39, 0.29) is 0 Å². The Balaban J connectivity index is 2.84. The van der Waals surface area contributed by atoms with Crippen molar-refractivity contribution in [2.75, 3.05) is 5.43 Å². The predicted octanol–water partition coefficient (Wildman–Crippen LogP) is -0.455. The summed E-state index contributed by atoms with van der Waals surface area (Å²) in [5.41, 5.74) is 1.42. The molecule has 0 aliphatic rings. The summed E-state index contributed by atoms with van der Waals surface area (Å²) in [6, 6.07) is 0. The Kier molecular flexibility index (Phi) is 2.35. The summed E-state index contributed by atoms with van der Waals surface area (Å²) in [6.45, 7) is 2.88. The van der Waals surface area contributed by atoms with Gasteiger partial charge in [0.05, 0.1) is 11.1 Å². The molecule has 0 aliphatic carbocycles. The van der Waals surface area contributed by atoms with Crippen LogP contribution in [0.25, 0.3) is 10.2 Å². The molecule has 0 saturated carbocycles. The Morgan fingerprint density at radius 2 is 2.19 bits per heavy atom. The van der Waals surface area contributed by atoms with Gasteiger partial charge in [-0.05, 0) is 18.5 Å². The Morgan fingerprint density at radius 1 is 1.50 bits per heavy atom. The van der Waals surface area contributed by atoms with Crippen molar-refractivity contribution in [1.82, 2.24) is 14.0 Å². The van der Waals surface area contributed by atoms with Crippen LogP contribution in [0.15, 0.2) is 9.59 Å². The Morgan fingerprint density at radius 3 is 2.81 bits per heavy atom. The largest absolute Gasteiger partial charge is 0.348 e. The number of amides is 1. The van der Waals surface area contributed by atoms with Crippen molar-refractivity contribution in [2.45, 2.75) is 13.8 Å². The lowest BCUT2D eigenvalue weighted by Gasteiger charge is -2.03. The molecule has 0 bridgehead atoms. The van der Waals surface area contributed by atoms with E-state index in [1.54, 1.807) is 6.92 Å². The number of hydrogen-bond acceptors (Lipinski definition) is 5. The normalized spacial score (nSPS) is 10.6. The van der Waals surface area contributed by atoms with E-state index in [0.717, 1.165) is 11.5 Å². The number of aromatic nitrogens is 3. The number of carbonyl (C=O) groups excluding carboxylic acids is 1. The molecule has 1 amide bonds. The summed E-state index contributed by atoms with van der Waals surface area (Å²) in [5, 5.41) is 0.318. The molecule has 2 N–H and O–H groups in total. The highest BCUT2D eigenvalue weighted by molar-refractivity contribution is 7.12. The van der Waals surface area contributed by atoms with E-state index in [9.17, 15) is 14.4 Å². The quantitative estimate of drug-likeness (QED) is 0.705. The average Bonchev–Trinajstić information content (AvgIpc) is 2.54. The number of hydrogen-bond donors (Lipinski definition) is 2. The van der Waals surface area contributed by atoms with Crippen molar-refractivity contribution in [1.29, 1.82) is 0 Å². The maximum atomic E-state index is 11.9. The zero-order chi connectivity index (χ0) is 11.9. The number of rotatable bonds is 1. The Hall–Kier alpha value is -1.96. The molecule has 0 spiro atoms. The molecule has 8 heteroatoms. The first-order valence-electron chi connectivity index (χ1n) is 4.39. The lowest BCUT2D eigenvalue weighted by molar-refractivity contribution is -0.115. The third kappa shape index (κ3) is 1.52. The molecular weight excluding hydrogens is 232 g/mol. The van der Waals surface area contributed by atoms with Crippen LogP contribution in [0, 0.1) is 6.92 Å². The van der Waals surface area contributed by atoms with Gasteiger partial charge in [-0.1, -0.05) is 0 Å². The third-order valence-electron chi connectivity index (χ3n) is 1.97. The van der Waals surface area contributed by atoms with Gasteiger partial charge in [-0.15, -0.1) is 0 Å². The molecule has 2 rings (SSSR count). The standard InChI is InChI=1S/C8H8N4O3S/c1-3-5-6(16-11-3)9-8(15)12(7(5)14)10-4(2)13/h1-2H3,(H,9,15)(H,10,13). The average molecular weight is 240 g/mol. The number of carbonyl (C=O) groups is 1. The van der Waals surface area contributed by atoms with Gasteiger partial charge in [0.15, 0.2) is 0 Å². The third-order valence-corrected chi connectivity index (χ3v) is 2.83. The van der Waals surface area contributed by atoms with Gasteiger partial charge in [-0.25, -0.2) is 4.79 Å². The van der Waals surface area contributed by atoms with Gasteiger partial charge in [-0.2, -0.15) is 9.05 Å². The second-order valence-electron chi connectivity index (χ2n) is 3.21. The highest BCUT2D eigenvalue weighted by Crippen LogP contribution is 2.13. The highest BCUT2D eigenvalue weighted by atomic mass is 32.1. The van der Waals surface area contributed by atoms with Crippen molar-refractivity contribution in [3.8, 4) is 0 Å². The van der Waals surface area contributed by atoms with Gasteiger partial charge < -0.3 is 0 Å². The lowest BCUT2D eigenvalue weighted by atomic mass is 10.3. The van der Waals surface area contributed by atoms with E-state index in [4.69, 9.17) is 0 Å². The van der Waals surface area contributed by atoms with E-state index >= 15 is 0 Å². The van der Waals surface area contributed by atoms with Crippen LogP contribution in [0.1, 0.15) is 12.6 Å². The van der Waals surface area contributed by atoms with Crippen molar-refractivity contribution < 1.29 is 4.79 Å². The summed E-state index contributed by atoms with van der Waals surface area (Å²) in [6.07, 6.45) is 0. The minimum Gasteiger partial charge on any atom is -0.295 e. The molecule has 0 unspecified atom stereocenters. The summed E-state index contributed by atoms with van der Waals surface area (Å²) < 4.78 is 4.61. The molecule has 0 fully saturated rings. The number of fused-ring (bicyclic) bond motifs is 1. The van der Waals surface area contributed by atoms with Crippen LogP contribution >= 0.6 is 11.5 Å². The van der Waals surface area contributed by atoms with E-state index in [0.29, 0.717) is 20.6 Å². The molecule has 2 aromatic rings. The fraction of sp³-hybridized carbons (Fsp3) is 0.250. The zero-order valence-electron chi connectivity index (χ0n) is 8.53. The maximum absolute atomic E-state index is 11.9. The van der Waals surface area contributed by atoms with E-state index in [1.165, 1.54) is 6.92 Å². The summed E-state index contributed by atoms with van der Waals surface area (Å²) in [5.74, 6) is -0.493. The van der Waals surface area contributed by atoms with Crippen LogP contribution < -0.4 is 16.7 Å². The topological polar surface area (TPSA) is 96.8 Å². The molecule has 0 saturated heterocycles. The predicted molar refractivity (Wildman–Crippen MR) is 59.3 cm³/mol. The molecule has 0 atom stereocenters. The molecule has 84 valence electrons. The first-order chi connectivity index (χ1) is 7.50. The zero-order valence-corrected chi connectivity index (χ0v) is 9.34. The highest BCUT2D eigenvalue weighted by Gasteiger charge is 2.12. The first-order valence-corrected chi connectivity index (χ1v) is 5.17.